The number of carbonyl (C=O) groups excluding carboxylic acids is 2. The van der Waals surface area contributed by atoms with Crippen LogP contribution in [0.25, 0.3) is 0 Å². The van der Waals surface area contributed by atoms with Gasteiger partial charge in [0.05, 0.1) is 17.4 Å². The zero-order valence-electron chi connectivity index (χ0n) is 12.2. The van der Waals surface area contributed by atoms with Crippen molar-refractivity contribution in [3.63, 3.8) is 0 Å². The van der Waals surface area contributed by atoms with Crippen LogP contribution in [0.15, 0.2) is 29.2 Å². The van der Waals surface area contributed by atoms with Gasteiger partial charge in [0.1, 0.15) is 0 Å². The van der Waals surface area contributed by atoms with Gasteiger partial charge in [0.2, 0.25) is 9.84 Å². The topological polar surface area (TPSA) is 89.5 Å². The average molecular weight is 347 g/mol. The number of ether oxygens (including phenoxy) is 1. The van der Waals surface area contributed by atoms with E-state index in [9.17, 15) is 26.8 Å². The Morgan fingerprint density at radius 2 is 2.00 bits per heavy atom. The van der Waals surface area contributed by atoms with E-state index in [0.717, 1.165) is 12.1 Å². The van der Waals surface area contributed by atoms with Crippen molar-refractivity contribution >= 4 is 21.7 Å². The van der Waals surface area contributed by atoms with E-state index in [4.69, 9.17) is 0 Å². The summed E-state index contributed by atoms with van der Waals surface area (Å²) in [6, 6.07) is 4.39. The third-order valence-corrected chi connectivity index (χ3v) is 5.10. The second-order valence-corrected chi connectivity index (χ2v) is 7.21. The zero-order chi connectivity index (χ0) is 17.3. The lowest BCUT2D eigenvalue weighted by Crippen LogP contribution is -2.34. The highest BCUT2D eigenvalue weighted by Gasteiger charge is 2.51. The van der Waals surface area contributed by atoms with E-state index in [2.05, 4.69) is 10.1 Å². The highest BCUT2D eigenvalue weighted by Crippen LogP contribution is 2.46. The fraction of sp³-hybridized carbons (Fsp3) is 0.429. The molecule has 9 heteroatoms. The van der Waals surface area contributed by atoms with Crippen molar-refractivity contribution in [1.29, 1.82) is 0 Å². The first-order valence-corrected chi connectivity index (χ1v) is 8.26. The number of amides is 1. The molecule has 1 aliphatic carbocycles. The van der Waals surface area contributed by atoms with E-state index >= 15 is 0 Å². The van der Waals surface area contributed by atoms with Crippen molar-refractivity contribution in [3.05, 3.63) is 29.8 Å². The minimum absolute atomic E-state index is 0.0460. The van der Waals surface area contributed by atoms with Gasteiger partial charge < -0.3 is 10.1 Å². The number of nitrogens with one attached hydrogen (secondary N) is 1. The van der Waals surface area contributed by atoms with Crippen molar-refractivity contribution in [2.24, 2.45) is 5.41 Å². The van der Waals surface area contributed by atoms with Crippen LogP contribution >= 0.6 is 0 Å². The maximum Gasteiger partial charge on any atom is 0.341 e. The Bertz CT molecular complexity index is 728. The first kappa shape index (κ1) is 17.3. The largest absolute Gasteiger partial charge is 0.469 e. The van der Waals surface area contributed by atoms with Gasteiger partial charge in [-0.15, -0.1) is 0 Å². The number of methoxy groups -OCH3 is 1. The molecule has 2 rings (SSSR count). The predicted octanol–water partition coefficient (Wildman–Crippen LogP) is 1.37. The summed E-state index contributed by atoms with van der Waals surface area (Å²) in [5.74, 6) is -4.63. The molecule has 0 aromatic heterocycles. The molecule has 1 amide bonds. The minimum Gasteiger partial charge on any atom is -0.469 e. The fourth-order valence-corrected chi connectivity index (χ4v) is 2.85. The van der Waals surface area contributed by atoms with E-state index < -0.39 is 37.8 Å². The van der Waals surface area contributed by atoms with E-state index in [1.54, 1.807) is 0 Å². The minimum atomic E-state index is -4.77. The number of alkyl halides is 2. The molecule has 0 aliphatic heterocycles. The lowest BCUT2D eigenvalue weighted by atomic mass is 10.1. The van der Waals surface area contributed by atoms with Gasteiger partial charge in [-0.05, 0) is 31.0 Å². The average Bonchev–Trinajstić information content (AvgIpc) is 3.33. The Hall–Kier alpha value is -2.03. The second kappa shape index (κ2) is 6.23. The molecule has 1 saturated carbocycles. The molecule has 1 aromatic carbocycles. The van der Waals surface area contributed by atoms with E-state index in [1.165, 1.54) is 19.2 Å². The number of hydrogen-bond donors (Lipinski definition) is 1. The first-order valence-electron chi connectivity index (χ1n) is 6.72. The number of benzene rings is 1. The highest BCUT2D eigenvalue weighted by molar-refractivity contribution is 7.91. The van der Waals surface area contributed by atoms with Crippen LogP contribution in [0.5, 0.6) is 0 Å². The van der Waals surface area contributed by atoms with Crippen LogP contribution in [-0.4, -0.2) is 39.7 Å². The monoisotopic (exact) mass is 347 g/mol. The molecule has 0 bridgehead atoms. The van der Waals surface area contributed by atoms with Gasteiger partial charge in [0, 0.05) is 12.1 Å². The molecule has 1 aromatic rings. The number of sulfone groups is 1. The Balaban J connectivity index is 2.11. The van der Waals surface area contributed by atoms with E-state index in [0.29, 0.717) is 12.8 Å². The molecular formula is C14H15F2NO5S. The summed E-state index contributed by atoms with van der Waals surface area (Å²) in [5.41, 5.74) is -0.816. The van der Waals surface area contributed by atoms with E-state index in [-0.39, 0.29) is 12.1 Å². The van der Waals surface area contributed by atoms with Crippen molar-refractivity contribution < 1.29 is 31.5 Å². The third-order valence-electron chi connectivity index (χ3n) is 3.72. The van der Waals surface area contributed by atoms with Crippen LogP contribution in [0.1, 0.15) is 23.2 Å². The lowest BCUT2D eigenvalue weighted by Gasteiger charge is -2.13. The van der Waals surface area contributed by atoms with Crippen LogP contribution in [0, 0.1) is 5.41 Å². The molecule has 6 nitrogen and oxygen atoms in total. The molecule has 0 atom stereocenters. The van der Waals surface area contributed by atoms with Crippen LogP contribution in [0.4, 0.5) is 8.78 Å². The molecule has 0 saturated heterocycles. The molecular weight excluding hydrogens is 332 g/mol. The Morgan fingerprint density at radius 1 is 1.35 bits per heavy atom. The summed E-state index contributed by atoms with van der Waals surface area (Å²) in [6.07, 6.45) is 1.17. The molecule has 0 unspecified atom stereocenters. The van der Waals surface area contributed by atoms with Gasteiger partial charge in [0.25, 0.3) is 5.91 Å². The SMILES string of the molecule is COC(=O)C1(CNC(=O)c2cccc(S(=O)(=O)C(F)F)c2)CC1. The number of esters is 1. The molecule has 0 heterocycles. The van der Waals surface area contributed by atoms with Gasteiger partial charge in [0.15, 0.2) is 0 Å². The zero-order valence-corrected chi connectivity index (χ0v) is 13.0. The number of halogens is 2. The number of carbonyl (C=O) groups is 2. The Morgan fingerprint density at radius 3 is 2.52 bits per heavy atom. The maximum absolute atomic E-state index is 12.5. The molecule has 126 valence electrons. The molecule has 0 radical (unpaired) electrons. The Labute approximate surface area is 131 Å². The van der Waals surface area contributed by atoms with Crippen LogP contribution in [0.2, 0.25) is 0 Å². The standard InChI is InChI=1S/C14H15F2NO5S/c1-22-12(19)14(5-6-14)8-17-11(18)9-3-2-4-10(7-9)23(20,21)13(15)16/h2-4,7,13H,5-6,8H2,1H3,(H,17,18). The fourth-order valence-electron chi connectivity index (χ4n) is 2.09. The quantitative estimate of drug-likeness (QED) is 0.785. The van der Waals surface area contributed by atoms with Gasteiger partial charge in [-0.2, -0.15) is 8.78 Å². The summed E-state index contributed by atoms with van der Waals surface area (Å²) >= 11 is 0. The highest BCUT2D eigenvalue weighted by atomic mass is 32.2. The van der Waals surface area contributed by atoms with Gasteiger partial charge in [-0.3, -0.25) is 9.59 Å². The lowest BCUT2D eigenvalue weighted by molar-refractivity contribution is -0.146. The predicted molar refractivity (Wildman–Crippen MR) is 75.6 cm³/mol. The Kier molecular flexibility index (Phi) is 4.69. The summed E-state index contributed by atoms with van der Waals surface area (Å²) < 4.78 is 52.6. The molecule has 1 aliphatic rings. The first-order chi connectivity index (χ1) is 10.7. The third kappa shape index (κ3) is 3.49. The molecule has 1 fully saturated rings. The van der Waals surface area contributed by atoms with Crippen molar-refractivity contribution in [2.75, 3.05) is 13.7 Å². The maximum atomic E-state index is 12.5. The molecule has 0 spiro atoms. The van der Waals surface area contributed by atoms with Crippen LogP contribution in [0.3, 0.4) is 0 Å². The molecule has 23 heavy (non-hydrogen) atoms. The van der Waals surface area contributed by atoms with Crippen molar-refractivity contribution in [1.82, 2.24) is 5.32 Å². The van der Waals surface area contributed by atoms with Crippen LogP contribution < -0.4 is 5.32 Å². The normalized spacial score (nSPS) is 16.0. The van der Waals surface area contributed by atoms with Gasteiger partial charge in [-0.25, -0.2) is 8.42 Å². The number of hydrogen-bond acceptors (Lipinski definition) is 5. The van der Waals surface area contributed by atoms with Gasteiger partial charge in [-0.1, -0.05) is 6.07 Å². The van der Waals surface area contributed by atoms with Crippen molar-refractivity contribution in [3.8, 4) is 0 Å². The van der Waals surface area contributed by atoms with Crippen LogP contribution in [-0.2, 0) is 19.4 Å². The summed E-state index contributed by atoms with van der Waals surface area (Å²) in [7, 11) is -3.52. The summed E-state index contributed by atoms with van der Waals surface area (Å²) in [4.78, 5) is 23.0. The summed E-state index contributed by atoms with van der Waals surface area (Å²) in [6.45, 7) is 0.0460. The van der Waals surface area contributed by atoms with Gasteiger partial charge >= 0.3 is 11.7 Å². The second-order valence-electron chi connectivity index (χ2n) is 5.29. The number of rotatable bonds is 6. The summed E-state index contributed by atoms with van der Waals surface area (Å²) in [5, 5.41) is 2.50. The van der Waals surface area contributed by atoms with E-state index in [1.807, 2.05) is 0 Å². The van der Waals surface area contributed by atoms with Crippen molar-refractivity contribution in [2.45, 2.75) is 23.5 Å². The smallest absolute Gasteiger partial charge is 0.341 e. The molecule has 1 N–H and O–H groups in total.